The Labute approximate surface area is 170 Å². The van der Waals surface area contributed by atoms with Gasteiger partial charge in [-0.05, 0) is 36.1 Å². The van der Waals surface area contributed by atoms with E-state index in [9.17, 15) is 14.4 Å². The Bertz CT molecular complexity index is 956. The Morgan fingerprint density at radius 3 is 2.86 bits per heavy atom. The summed E-state index contributed by atoms with van der Waals surface area (Å²) in [5.41, 5.74) is 2.21. The number of halogens is 1. The van der Waals surface area contributed by atoms with E-state index in [-0.39, 0.29) is 17.7 Å². The monoisotopic (exact) mass is 395 g/mol. The van der Waals surface area contributed by atoms with Crippen LogP contribution in [0.3, 0.4) is 0 Å². The average molecular weight is 395 g/mol. The number of carbonyl (C=O) groups excluding carboxylic acids is 1. The van der Waals surface area contributed by atoms with Crippen molar-refractivity contribution in [2.75, 3.05) is 31.1 Å². The first kappa shape index (κ1) is 19.6. The molecule has 0 saturated carbocycles. The third-order valence-corrected chi connectivity index (χ3v) is 6.23. The average Bonchev–Trinajstić information content (AvgIpc) is 3.34. The van der Waals surface area contributed by atoms with Gasteiger partial charge in [-0.2, -0.15) is 5.26 Å². The van der Waals surface area contributed by atoms with Gasteiger partial charge < -0.3 is 15.5 Å². The quantitative estimate of drug-likeness (QED) is 0.830. The predicted molar refractivity (Wildman–Crippen MR) is 110 cm³/mol. The molecule has 1 amide bonds. The summed E-state index contributed by atoms with van der Waals surface area (Å²) in [7, 11) is 0. The number of aromatic nitrogens is 1. The second-order valence-corrected chi connectivity index (χ2v) is 8.35. The van der Waals surface area contributed by atoms with Crippen LogP contribution >= 0.6 is 0 Å². The first-order chi connectivity index (χ1) is 14.0. The van der Waals surface area contributed by atoms with Gasteiger partial charge >= 0.3 is 0 Å². The highest BCUT2D eigenvalue weighted by Crippen LogP contribution is 2.37. The zero-order valence-electron chi connectivity index (χ0n) is 16.7. The van der Waals surface area contributed by atoms with Gasteiger partial charge in [-0.1, -0.05) is 13.8 Å². The number of rotatable bonds is 4. The maximum absolute atomic E-state index is 14.0. The fraction of sp³-hybridized carbons (Fsp3) is 0.500. The normalized spacial score (nSPS) is 26.8. The smallest absolute Gasteiger partial charge is 0.225 e. The van der Waals surface area contributed by atoms with E-state index < -0.39 is 12.2 Å². The molecule has 29 heavy (non-hydrogen) atoms. The standard InChI is InChI=1S/C22H26FN5O/c1-13(2)16-11-28(12-17(16)22(29)27-19-10-25-9-18(19)23)20-6-5-14(8-24)21-15(20)4-3-7-26-21/h3-7,13,16-19,25H,9-12H2,1-2H3,(H,27,29)/t16?,17?,18-,19+/m1/s1. The Hall–Kier alpha value is -2.72. The SMILES string of the molecule is CC(C)C1CN(c2ccc(C#N)c3ncccc23)CC1C(=O)N[C@H]1CNC[C@H]1F. The second kappa shape index (κ2) is 7.96. The fourth-order valence-corrected chi connectivity index (χ4v) is 4.58. The number of anilines is 1. The maximum Gasteiger partial charge on any atom is 0.225 e. The van der Waals surface area contributed by atoms with Crippen LogP contribution in [0.5, 0.6) is 0 Å². The molecule has 2 fully saturated rings. The molecule has 2 aliphatic rings. The van der Waals surface area contributed by atoms with E-state index in [4.69, 9.17) is 0 Å². The number of alkyl halides is 1. The molecule has 2 unspecified atom stereocenters. The van der Waals surface area contributed by atoms with Crippen molar-refractivity contribution in [3.63, 3.8) is 0 Å². The lowest BCUT2D eigenvalue weighted by Crippen LogP contribution is -2.46. The number of hydrogen-bond acceptors (Lipinski definition) is 5. The zero-order valence-corrected chi connectivity index (χ0v) is 16.7. The molecule has 6 nitrogen and oxygen atoms in total. The summed E-state index contributed by atoms with van der Waals surface area (Å²) in [5, 5.41) is 16.2. The highest BCUT2D eigenvalue weighted by molar-refractivity contribution is 5.95. The summed E-state index contributed by atoms with van der Waals surface area (Å²) in [6.45, 7) is 6.33. The fourth-order valence-electron chi connectivity index (χ4n) is 4.58. The van der Waals surface area contributed by atoms with Crippen molar-refractivity contribution >= 4 is 22.5 Å². The summed E-state index contributed by atoms with van der Waals surface area (Å²) in [4.78, 5) is 19.6. The van der Waals surface area contributed by atoms with Crippen molar-refractivity contribution in [1.29, 1.82) is 5.26 Å². The number of nitriles is 1. The van der Waals surface area contributed by atoms with E-state index in [0.29, 0.717) is 36.6 Å². The summed E-state index contributed by atoms with van der Waals surface area (Å²) in [6.07, 6.45) is 0.648. The van der Waals surface area contributed by atoms with Crippen LogP contribution in [0, 0.1) is 29.1 Å². The van der Waals surface area contributed by atoms with Crippen molar-refractivity contribution in [2.45, 2.75) is 26.1 Å². The van der Waals surface area contributed by atoms with E-state index in [1.807, 2.05) is 18.2 Å². The van der Waals surface area contributed by atoms with Crippen LogP contribution in [0.25, 0.3) is 10.9 Å². The molecule has 2 aromatic rings. The van der Waals surface area contributed by atoms with Crippen molar-refractivity contribution in [1.82, 2.24) is 15.6 Å². The number of nitrogens with zero attached hydrogens (tertiary/aromatic N) is 3. The van der Waals surface area contributed by atoms with E-state index in [2.05, 4.69) is 40.4 Å². The molecule has 1 aromatic carbocycles. The highest BCUT2D eigenvalue weighted by Gasteiger charge is 2.41. The van der Waals surface area contributed by atoms with Gasteiger partial charge in [0.25, 0.3) is 0 Å². The van der Waals surface area contributed by atoms with Gasteiger partial charge in [0, 0.05) is 43.4 Å². The summed E-state index contributed by atoms with van der Waals surface area (Å²) in [5.74, 6) is 0.218. The largest absolute Gasteiger partial charge is 0.370 e. The molecule has 0 spiro atoms. The lowest BCUT2D eigenvalue weighted by molar-refractivity contribution is -0.126. The maximum atomic E-state index is 14.0. The molecule has 7 heteroatoms. The van der Waals surface area contributed by atoms with Gasteiger partial charge in [0.05, 0.1) is 23.0 Å². The van der Waals surface area contributed by atoms with Gasteiger partial charge in [0.15, 0.2) is 0 Å². The molecule has 2 saturated heterocycles. The first-order valence-electron chi connectivity index (χ1n) is 10.2. The number of carbonyl (C=O) groups is 1. The summed E-state index contributed by atoms with van der Waals surface area (Å²) < 4.78 is 14.0. The lowest BCUT2D eigenvalue weighted by Gasteiger charge is -2.23. The van der Waals surface area contributed by atoms with Crippen molar-refractivity contribution in [3.8, 4) is 6.07 Å². The van der Waals surface area contributed by atoms with Crippen LogP contribution in [0.4, 0.5) is 10.1 Å². The topological polar surface area (TPSA) is 81.0 Å². The summed E-state index contributed by atoms with van der Waals surface area (Å²) >= 11 is 0. The predicted octanol–water partition coefficient (Wildman–Crippen LogP) is 2.24. The number of pyridine rings is 1. The Morgan fingerprint density at radius 1 is 1.34 bits per heavy atom. The molecule has 0 radical (unpaired) electrons. The van der Waals surface area contributed by atoms with Crippen molar-refractivity contribution in [3.05, 3.63) is 36.0 Å². The van der Waals surface area contributed by atoms with Crippen molar-refractivity contribution in [2.24, 2.45) is 17.8 Å². The third kappa shape index (κ3) is 3.65. The van der Waals surface area contributed by atoms with Gasteiger partial charge in [-0.3, -0.25) is 9.78 Å². The Morgan fingerprint density at radius 2 is 2.17 bits per heavy atom. The number of fused-ring (bicyclic) bond motifs is 1. The number of amides is 1. The highest BCUT2D eigenvalue weighted by atomic mass is 19.1. The number of hydrogen-bond donors (Lipinski definition) is 2. The molecular formula is C22H26FN5O. The van der Waals surface area contributed by atoms with E-state index in [0.717, 1.165) is 17.6 Å². The minimum Gasteiger partial charge on any atom is -0.370 e. The second-order valence-electron chi connectivity index (χ2n) is 8.35. The van der Waals surface area contributed by atoms with Crippen LogP contribution in [-0.2, 0) is 4.79 Å². The number of nitrogens with one attached hydrogen (secondary N) is 2. The number of benzene rings is 1. The third-order valence-electron chi connectivity index (χ3n) is 6.23. The molecule has 3 heterocycles. The van der Waals surface area contributed by atoms with Crippen LogP contribution < -0.4 is 15.5 Å². The molecular weight excluding hydrogens is 369 g/mol. The molecule has 1 aromatic heterocycles. The minimum absolute atomic E-state index is 0.0707. The molecule has 2 aliphatic heterocycles. The van der Waals surface area contributed by atoms with Gasteiger partial charge in [-0.15, -0.1) is 0 Å². The Balaban J connectivity index is 1.61. The van der Waals surface area contributed by atoms with E-state index in [1.165, 1.54) is 0 Å². The van der Waals surface area contributed by atoms with E-state index in [1.54, 1.807) is 12.3 Å². The van der Waals surface area contributed by atoms with Gasteiger partial charge in [-0.25, -0.2) is 4.39 Å². The van der Waals surface area contributed by atoms with Gasteiger partial charge in [0.2, 0.25) is 5.91 Å². The molecule has 0 aliphatic carbocycles. The minimum atomic E-state index is -1.04. The van der Waals surface area contributed by atoms with Crippen LogP contribution in [0.15, 0.2) is 30.5 Å². The molecule has 4 rings (SSSR count). The summed E-state index contributed by atoms with van der Waals surface area (Å²) in [6, 6.07) is 9.31. The van der Waals surface area contributed by atoms with Crippen LogP contribution in [-0.4, -0.2) is 49.3 Å². The molecule has 2 N–H and O–H groups in total. The van der Waals surface area contributed by atoms with Crippen LogP contribution in [0.2, 0.25) is 0 Å². The van der Waals surface area contributed by atoms with Gasteiger partial charge in [0.1, 0.15) is 12.2 Å². The first-order valence-corrected chi connectivity index (χ1v) is 10.2. The Kier molecular flexibility index (Phi) is 5.37. The zero-order chi connectivity index (χ0) is 20.5. The van der Waals surface area contributed by atoms with Crippen LogP contribution in [0.1, 0.15) is 19.4 Å². The molecule has 152 valence electrons. The van der Waals surface area contributed by atoms with E-state index >= 15 is 0 Å². The lowest BCUT2D eigenvalue weighted by atomic mass is 9.85. The van der Waals surface area contributed by atoms with Crippen molar-refractivity contribution < 1.29 is 9.18 Å². The molecule has 4 atom stereocenters. The molecule has 0 bridgehead atoms.